The Labute approximate surface area is 65.5 Å². The molecule has 0 aliphatic carbocycles. The number of hydrogen-bond acceptors (Lipinski definition) is 1. The number of rotatable bonds is 4. The molecule has 0 fully saturated rings. The summed E-state index contributed by atoms with van der Waals surface area (Å²) in [6.45, 7) is 0. The van der Waals surface area contributed by atoms with Crippen LogP contribution in [-0.2, 0) is 4.79 Å². The van der Waals surface area contributed by atoms with Crippen LogP contribution in [0.1, 0.15) is 6.42 Å². The van der Waals surface area contributed by atoms with Crippen LogP contribution < -0.4 is 0 Å². The number of carboxylic acid groups (broad SMARTS) is 1. The lowest BCUT2D eigenvalue weighted by atomic mass is 10.2. The second kappa shape index (κ2) is 4.08. The Bertz CT molecular complexity index is 188. The number of aliphatic carboxylic acids is 1. The third-order valence-corrected chi connectivity index (χ3v) is 0.970. The van der Waals surface area contributed by atoms with Gasteiger partial charge in [-0.2, -0.15) is 8.78 Å². The zero-order chi connectivity index (χ0) is 9.78. The molecular formula is C6H6F4O2. The van der Waals surface area contributed by atoms with Crippen molar-refractivity contribution in [3.8, 4) is 0 Å². The molecule has 70 valence electrons. The number of allylic oxidation sites excluding steroid dienone is 1. The third-order valence-electron chi connectivity index (χ3n) is 0.970. The van der Waals surface area contributed by atoms with E-state index in [-0.39, 0.29) is 0 Å². The largest absolute Gasteiger partial charge is 0.478 e. The highest BCUT2D eigenvalue weighted by molar-refractivity contribution is 5.79. The van der Waals surface area contributed by atoms with Crippen LogP contribution in [0.25, 0.3) is 0 Å². The number of alkyl halides is 4. The molecule has 0 unspecified atom stereocenters. The third kappa shape index (κ3) is 3.95. The lowest BCUT2D eigenvalue weighted by molar-refractivity contribution is -0.131. The van der Waals surface area contributed by atoms with E-state index in [0.717, 1.165) is 0 Å². The lowest BCUT2D eigenvalue weighted by Crippen LogP contribution is -2.25. The van der Waals surface area contributed by atoms with Crippen molar-refractivity contribution in [2.45, 2.75) is 18.8 Å². The van der Waals surface area contributed by atoms with Gasteiger partial charge in [-0.25, -0.2) is 13.6 Å². The van der Waals surface area contributed by atoms with Crippen LogP contribution in [0.15, 0.2) is 12.2 Å². The molecule has 0 rings (SSSR count). The Morgan fingerprint density at radius 1 is 1.50 bits per heavy atom. The van der Waals surface area contributed by atoms with Gasteiger partial charge >= 0.3 is 18.3 Å². The normalized spacial score (nSPS) is 12.8. The van der Waals surface area contributed by atoms with Crippen molar-refractivity contribution in [3.05, 3.63) is 12.2 Å². The van der Waals surface area contributed by atoms with Crippen molar-refractivity contribution in [2.75, 3.05) is 0 Å². The summed E-state index contributed by atoms with van der Waals surface area (Å²) in [7, 11) is 0. The lowest BCUT2D eigenvalue weighted by Gasteiger charge is -2.11. The van der Waals surface area contributed by atoms with Gasteiger partial charge in [0.2, 0.25) is 0 Å². The molecule has 0 bridgehead atoms. The molecule has 12 heavy (non-hydrogen) atoms. The maximum Gasteiger partial charge on any atom is 0.327 e. The summed E-state index contributed by atoms with van der Waals surface area (Å²) in [5, 5.41) is 7.93. The van der Waals surface area contributed by atoms with Gasteiger partial charge in [0.05, 0.1) is 0 Å². The van der Waals surface area contributed by atoms with Gasteiger partial charge in [-0.3, -0.25) is 0 Å². The zero-order valence-electron chi connectivity index (χ0n) is 5.81. The first-order chi connectivity index (χ1) is 5.36. The first kappa shape index (κ1) is 10.9. The number of carbonyl (C=O) groups is 1. The highest BCUT2D eigenvalue weighted by Gasteiger charge is 2.39. The van der Waals surface area contributed by atoms with Crippen molar-refractivity contribution in [1.29, 1.82) is 0 Å². The van der Waals surface area contributed by atoms with Crippen molar-refractivity contribution in [3.63, 3.8) is 0 Å². The molecule has 2 nitrogen and oxygen atoms in total. The summed E-state index contributed by atoms with van der Waals surface area (Å²) in [4.78, 5) is 9.74. The van der Waals surface area contributed by atoms with Crippen LogP contribution in [0.2, 0.25) is 0 Å². The van der Waals surface area contributed by atoms with E-state index in [1.165, 1.54) is 0 Å². The van der Waals surface area contributed by atoms with Gasteiger partial charge in [0.15, 0.2) is 0 Å². The molecule has 0 atom stereocenters. The van der Waals surface area contributed by atoms with Gasteiger partial charge in [0, 0.05) is 12.5 Å². The van der Waals surface area contributed by atoms with E-state index in [4.69, 9.17) is 5.11 Å². The Morgan fingerprint density at radius 2 is 2.00 bits per heavy atom. The minimum Gasteiger partial charge on any atom is -0.478 e. The first-order valence-electron chi connectivity index (χ1n) is 2.91. The molecule has 0 heterocycles. The summed E-state index contributed by atoms with van der Waals surface area (Å²) < 4.78 is 46.8. The van der Waals surface area contributed by atoms with Crippen molar-refractivity contribution in [1.82, 2.24) is 0 Å². The molecule has 0 saturated carbocycles. The second-order valence-electron chi connectivity index (χ2n) is 2.01. The Balaban J connectivity index is 4.00. The van der Waals surface area contributed by atoms with Gasteiger partial charge in [0.1, 0.15) is 0 Å². The van der Waals surface area contributed by atoms with E-state index in [2.05, 4.69) is 0 Å². The fraction of sp³-hybridized carbons (Fsp3) is 0.500. The SMILES string of the molecule is O=C(O)C=CCC(F)(F)C(F)F. The monoisotopic (exact) mass is 186 g/mol. The van der Waals surface area contributed by atoms with Gasteiger partial charge in [0.25, 0.3) is 0 Å². The van der Waals surface area contributed by atoms with Gasteiger partial charge in [-0.15, -0.1) is 0 Å². The van der Waals surface area contributed by atoms with E-state index in [1.54, 1.807) is 0 Å². The number of halogens is 4. The maximum atomic E-state index is 12.0. The predicted octanol–water partition coefficient (Wildman–Crippen LogP) is 1.92. The van der Waals surface area contributed by atoms with Crippen LogP contribution in [0.4, 0.5) is 17.6 Å². The minimum absolute atomic E-state index is 0.399. The number of hydrogen-bond donors (Lipinski definition) is 1. The van der Waals surface area contributed by atoms with E-state index >= 15 is 0 Å². The molecule has 0 aliphatic rings. The fourth-order valence-corrected chi connectivity index (χ4v) is 0.406. The highest BCUT2D eigenvalue weighted by Crippen LogP contribution is 2.26. The van der Waals surface area contributed by atoms with Gasteiger partial charge < -0.3 is 5.11 Å². The van der Waals surface area contributed by atoms with E-state index in [0.29, 0.717) is 12.2 Å². The molecule has 0 spiro atoms. The van der Waals surface area contributed by atoms with Crippen molar-refractivity contribution >= 4 is 5.97 Å². The molecule has 0 aromatic rings. The second-order valence-corrected chi connectivity index (χ2v) is 2.01. The molecule has 0 saturated heterocycles. The average molecular weight is 186 g/mol. The molecule has 0 amide bonds. The van der Waals surface area contributed by atoms with Gasteiger partial charge in [-0.05, 0) is 0 Å². The molecule has 0 aromatic heterocycles. The Hall–Kier alpha value is -1.07. The summed E-state index contributed by atoms with van der Waals surface area (Å²) in [6, 6.07) is 0. The summed E-state index contributed by atoms with van der Waals surface area (Å²) in [6.07, 6.45) is -4.14. The first-order valence-corrected chi connectivity index (χ1v) is 2.91. The zero-order valence-corrected chi connectivity index (χ0v) is 5.81. The Morgan fingerprint density at radius 3 is 2.33 bits per heavy atom. The minimum atomic E-state index is -4.15. The molecule has 0 radical (unpaired) electrons. The van der Waals surface area contributed by atoms with E-state index in [9.17, 15) is 22.4 Å². The van der Waals surface area contributed by atoms with Crippen LogP contribution in [0.5, 0.6) is 0 Å². The van der Waals surface area contributed by atoms with Crippen LogP contribution in [0.3, 0.4) is 0 Å². The summed E-state index contributed by atoms with van der Waals surface area (Å²) in [5.41, 5.74) is 0. The smallest absolute Gasteiger partial charge is 0.327 e. The van der Waals surface area contributed by atoms with Crippen molar-refractivity contribution in [2.24, 2.45) is 0 Å². The average Bonchev–Trinajstić information content (AvgIpc) is 1.85. The summed E-state index contributed by atoms with van der Waals surface area (Å²) in [5.74, 6) is -5.59. The standard InChI is InChI=1S/C6H6F4O2/c7-5(8)6(9,10)3-1-2-4(11)12/h1-2,5H,3H2,(H,11,12). The highest BCUT2D eigenvalue weighted by atomic mass is 19.3. The maximum absolute atomic E-state index is 12.0. The molecule has 0 aliphatic heterocycles. The van der Waals surface area contributed by atoms with E-state index in [1.807, 2.05) is 0 Å². The van der Waals surface area contributed by atoms with Gasteiger partial charge in [-0.1, -0.05) is 6.08 Å². The number of carboxylic acids is 1. The predicted molar refractivity (Wildman–Crippen MR) is 32.3 cm³/mol. The van der Waals surface area contributed by atoms with Crippen LogP contribution in [-0.4, -0.2) is 23.4 Å². The molecule has 1 N–H and O–H groups in total. The van der Waals surface area contributed by atoms with E-state index < -0.39 is 24.7 Å². The summed E-state index contributed by atoms with van der Waals surface area (Å²) >= 11 is 0. The van der Waals surface area contributed by atoms with Crippen LogP contribution >= 0.6 is 0 Å². The quantitative estimate of drug-likeness (QED) is 0.537. The molecular weight excluding hydrogens is 180 g/mol. The fourth-order valence-electron chi connectivity index (χ4n) is 0.406. The topological polar surface area (TPSA) is 37.3 Å². The molecule has 0 aromatic carbocycles. The van der Waals surface area contributed by atoms with Crippen LogP contribution in [0, 0.1) is 0 Å². The van der Waals surface area contributed by atoms with Crippen molar-refractivity contribution < 1.29 is 27.5 Å². The Kier molecular flexibility index (Phi) is 3.72. The molecule has 6 heteroatoms.